The maximum Gasteiger partial charge on any atom is 0.261 e. The van der Waals surface area contributed by atoms with Crippen LogP contribution in [0.4, 0.5) is 0 Å². The standard InChI is InChI=1S/C17H19N3O2S/c1-11(21)15-7-8-16(23-15)17(22)18-10-13-9-14(20-19-13)12-5-3-2-4-6-12/h2-8,13-14,19-20H,9-10H2,1H3,(H,18,22). The summed E-state index contributed by atoms with van der Waals surface area (Å²) in [5.41, 5.74) is 7.72. The fourth-order valence-electron chi connectivity index (χ4n) is 2.61. The first-order valence-electron chi connectivity index (χ1n) is 7.58. The molecule has 2 heterocycles. The molecule has 2 atom stereocenters. The number of nitrogens with one attached hydrogen (secondary N) is 3. The van der Waals surface area contributed by atoms with E-state index in [9.17, 15) is 9.59 Å². The molecule has 120 valence electrons. The van der Waals surface area contributed by atoms with Gasteiger partial charge in [-0.15, -0.1) is 11.3 Å². The topological polar surface area (TPSA) is 70.2 Å². The molecule has 23 heavy (non-hydrogen) atoms. The molecule has 0 saturated carbocycles. The van der Waals surface area contributed by atoms with Crippen LogP contribution in [0, 0.1) is 0 Å². The van der Waals surface area contributed by atoms with Gasteiger partial charge in [0, 0.05) is 18.6 Å². The minimum absolute atomic E-state index is 0.0126. The molecule has 2 unspecified atom stereocenters. The highest BCUT2D eigenvalue weighted by Gasteiger charge is 2.25. The van der Waals surface area contributed by atoms with Crippen molar-refractivity contribution in [2.24, 2.45) is 0 Å². The van der Waals surface area contributed by atoms with Crippen molar-refractivity contribution in [3.63, 3.8) is 0 Å². The Labute approximate surface area is 139 Å². The van der Waals surface area contributed by atoms with Crippen molar-refractivity contribution < 1.29 is 9.59 Å². The number of amides is 1. The van der Waals surface area contributed by atoms with Gasteiger partial charge in [0.05, 0.1) is 9.75 Å². The van der Waals surface area contributed by atoms with Gasteiger partial charge in [-0.3, -0.25) is 15.0 Å². The zero-order chi connectivity index (χ0) is 16.2. The number of hydrogen-bond donors (Lipinski definition) is 3. The minimum Gasteiger partial charge on any atom is -0.350 e. The summed E-state index contributed by atoms with van der Waals surface area (Å²) in [5.74, 6) is -0.145. The Morgan fingerprint density at radius 1 is 1.13 bits per heavy atom. The second-order valence-electron chi connectivity index (χ2n) is 5.61. The molecule has 0 bridgehead atoms. The SMILES string of the molecule is CC(=O)c1ccc(C(=O)NCC2CC(c3ccccc3)NN2)s1. The van der Waals surface area contributed by atoms with E-state index in [0.29, 0.717) is 16.3 Å². The molecule has 1 saturated heterocycles. The number of hydrogen-bond acceptors (Lipinski definition) is 5. The number of carbonyl (C=O) groups is 2. The zero-order valence-electron chi connectivity index (χ0n) is 12.8. The second kappa shape index (κ2) is 7.04. The number of ketones is 1. The third-order valence-electron chi connectivity index (χ3n) is 3.87. The number of hydrazine groups is 1. The van der Waals surface area contributed by atoms with Crippen molar-refractivity contribution in [3.8, 4) is 0 Å². The van der Waals surface area contributed by atoms with Crippen LogP contribution in [-0.2, 0) is 0 Å². The van der Waals surface area contributed by atoms with Crippen LogP contribution >= 0.6 is 11.3 Å². The molecular formula is C17H19N3O2S. The van der Waals surface area contributed by atoms with Gasteiger partial charge in [-0.25, -0.2) is 5.43 Å². The van der Waals surface area contributed by atoms with E-state index in [1.165, 1.54) is 23.8 Å². The number of Topliss-reactive ketones (excluding diaryl/α,β-unsaturated/α-hetero) is 1. The van der Waals surface area contributed by atoms with Gasteiger partial charge in [0.2, 0.25) is 0 Å². The maximum absolute atomic E-state index is 12.1. The van der Waals surface area contributed by atoms with Crippen molar-refractivity contribution >= 4 is 23.0 Å². The molecule has 1 amide bonds. The largest absolute Gasteiger partial charge is 0.350 e. The number of rotatable bonds is 5. The predicted molar refractivity (Wildman–Crippen MR) is 90.5 cm³/mol. The average Bonchev–Trinajstić information content (AvgIpc) is 3.23. The second-order valence-corrected chi connectivity index (χ2v) is 6.70. The molecule has 1 aliphatic rings. The van der Waals surface area contributed by atoms with Gasteiger partial charge >= 0.3 is 0 Å². The van der Waals surface area contributed by atoms with Gasteiger partial charge in [0.25, 0.3) is 5.91 Å². The lowest BCUT2D eigenvalue weighted by atomic mass is 10.0. The van der Waals surface area contributed by atoms with Crippen molar-refractivity contribution in [1.82, 2.24) is 16.2 Å². The predicted octanol–water partition coefficient (Wildman–Crippen LogP) is 2.29. The third-order valence-corrected chi connectivity index (χ3v) is 5.05. The van der Waals surface area contributed by atoms with Gasteiger partial charge in [0.15, 0.2) is 5.78 Å². The molecule has 1 fully saturated rings. The first-order chi connectivity index (χ1) is 11.1. The minimum atomic E-state index is -0.132. The average molecular weight is 329 g/mol. The van der Waals surface area contributed by atoms with Crippen molar-refractivity contribution in [3.05, 3.63) is 57.8 Å². The van der Waals surface area contributed by atoms with Crippen LogP contribution in [0.1, 0.15) is 44.3 Å². The first-order valence-corrected chi connectivity index (χ1v) is 8.40. The van der Waals surface area contributed by atoms with E-state index in [2.05, 4.69) is 28.3 Å². The fourth-order valence-corrected chi connectivity index (χ4v) is 3.43. The van der Waals surface area contributed by atoms with Gasteiger partial charge in [0.1, 0.15) is 0 Å². The maximum atomic E-state index is 12.1. The normalized spacial score (nSPS) is 20.4. The summed E-state index contributed by atoms with van der Waals surface area (Å²) in [7, 11) is 0. The van der Waals surface area contributed by atoms with Gasteiger partial charge in [-0.05, 0) is 31.0 Å². The molecule has 0 radical (unpaired) electrons. The number of benzene rings is 1. The smallest absolute Gasteiger partial charge is 0.261 e. The van der Waals surface area contributed by atoms with Crippen LogP contribution < -0.4 is 16.2 Å². The van der Waals surface area contributed by atoms with E-state index in [1.54, 1.807) is 12.1 Å². The van der Waals surface area contributed by atoms with Crippen LogP contribution in [0.5, 0.6) is 0 Å². The molecular weight excluding hydrogens is 310 g/mol. The first kappa shape index (κ1) is 15.9. The third kappa shape index (κ3) is 3.85. The van der Waals surface area contributed by atoms with E-state index in [4.69, 9.17) is 0 Å². The summed E-state index contributed by atoms with van der Waals surface area (Å²) >= 11 is 1.23. The van der Waals surface area contributed by atoms with E-state index >= 15 is 0 Å². The van der Waals surface area contributed by atoms with E-state index < -0.39 is 0 Å². The molecule has 0 spiro atoms. The summed E-state index contributed by atoms with van der Waals surface area (Å²) in [6.45, 7) is 2.05. The van der Waals surface area contributed by atoms with Crippen molar-refractivity contribution in [2.45, 2.75) is 25.4 Å². The van der Waals surface area contributed by atoms with E-state index in [1.807, 2.05) is 18.2 Å². The Hall–Kier alpha value is -2.02. The Balaban J connectivity index is 1.51. The van der Waals surface area contributed by atoms with E-state index in [-0.39, 0.29) is 23.8 Å². The molecule has 3 N–H and O–H groups in total. The summed E-state index contributed by atoms with van der Waals surface area (Å²) in [6, 6.07) is 14.1. The van der Waals surface area contributed by atoms with Crippen LogP contribution in [0.15, 0.2) is 42.5 Å². The summed E-state index contributed by atoms with van der Waals surface area (Å²) in [6.07, 6.45) is 0.910. The molecule has 5 nitrogen and oxygen atoms in total. The molecule has 2 aromatic rings. The Morgan fingerprint density at radius 2 is 1.87 bits per heavy atom. The van der Waals surface area contributed by atoms with Crippen molar-refractivity contribution in [2.75, 3.05) is 6.54 Å². The van der Waals surface area contributed by atoms with Crippen LogP contribution in [0.2, 0.25) is 0 Å². The Morgan fingerprint density at radius 3 is 2.57 bits per heavy atom. The van der Waals surface area contributed by atoms with Crippen LogP contribution in [-0.4, -0.2) is 24.3 Å². The van der Waals surface area contributed by atoms with Crippen LogP contribution in [0.3, 0.4) is 0 Å². The highest BCUT2D eigenvalue weighted by Crippen LogP contribution is 2.21. The lowest BCUT2D eigenvalue weighted by Gasteiger charge is -2.10. The molecule has 1 aromatic carbocycles. The quantitative estimate of drug-likeness (QED) is 0.736. The zero-order valence-corrected chi connectivity index (χ0v) is 13.7. The summed E-state index contributed by atoms with van der Waals surface area (Å²) < 4.78 is 0. The Bertz CT molecular complexity index is 699. The molecule has 0 aliphatic carbocycles. The van der Waals surface area contributed by atoms with Gasteiger partial charge < -0.3 is 5.32 Å². The van der Waals surface area contributed by atoms with Crippen molar-refractivity contribution in [1.29, 1.82) is 0 Å². The molecule has 3 rings (SSSR count). The lowest BCUT2D eigenvalue weighted by Crippen LogP contribution is -2.40. The number of carbonyl (C=O) groups excluding carboxylic acids is 2. The summed E-state index contributed by atoms with van der Waals surface area (Å²) in [5, 5.41) is 2.92. The molecule has 1 aromatic heterocycles. The molecule has 1 aliphatic heterocycles. The highest BCUT2D eigenvalue weighted by atomic mass is 32.1. The monoisotopic (exact) mass is 329 g/mol. The van der Waals surface area contributed by atoms with Gasteiger partial charge in [-0.1, -0.05) is 30.3 Å². The highest BCUT2D eigenvalue weighted by molar-refractivity contribution is 7.15. The number of thiophene rings is 1. The van der Waals surface area contributed by atoms with Gasteiger partial charge in [-0.2, -0.15) is 0 Å². The summed E-state index contributed by atoms with van der Waals surface area (Å²) in [4.78, 5) is 24.6. The lowest BCUT2D eigenvalue weighted by molar-refractivity contribution is 0.0953. The van der Waals surface area contributed by atoms with E-state index in [0.717, 1.165) is 6.42 Å². The fraction of sp³-hybridized carbons (Fsp3) is 0.294. The Kier molecular flexibility index (Phi) is 4.85. The van der Waals surface area contributed by atoms with Crippen LogP contribution in [0.25, 0.3) is 0 Å². The molecule has 6 heteroatoms.